The number of nitrogens with zero attached hydrogens (tertiary/aromatic N) is 1. The first-order valence-corrected chi connectivity index (χ1v) is 2.15. The average molecular weight is 112 g/mol. The van der Waals surface area contributed by atoms with Crippen molar-refractivity contribution in [2.45, 2.75) is 6.92 Å². The quantitative estimate of drug-likeness (QED) is 0.399. The molecule has 0 spiro atoms. The van der Waals surface area contributed by atoms with Gasteiger partial charge in [-0.3, -0.25) is 9.79 Å². The molecule has 0 aliphatic carbocycles. The van der Waals surface area contributed by atoms with Gasteiger partial charge in [0.05, 0.1) is 0 Å². The maximum Gasteiger partial charge on any atom is 0.266 e. The second-order valence-electron chi connectivity index (χ2n) is 1.20. The fraction of sp³-hybridized carbons (Fsp3) is 0.200. The zero-order chi connectivity index (χ0) is 6.57. The smallest absolute Gasteiger partial charge is 0.266 e. The summed E-state index contributed by atoms with van der Waals surface area (Å²) in [5.74, 6) is -0.539. The molecule has 0 radical (unpaired) electrons. The van der Waals surface area contributed by atoms with Crippen LogP contribution < -0.4 is 5.73 Å². The maximum absolute atomic E-state index is 10.2. The first-order chi connectivity index (χ1) is 3.72. The van der Waals surface area contributed by atoms with Gasteiger partial charge in [-0.05, 0) is 13.6 Å². The lowest BCUT2D eigenvalue weighted by atomic mass is 10.4. The fourth-order valence-corrected chi connectivity index (χ4v) is 0.311. The average Bonchev–Trinajstić information content (AvgIpc) is 1.69. The third-order valence-corrected chi connectivity index (χ3v) is 0.696. The number of carbonyl (C=O) groups excluding carboxylic acids is 1. The SMILES string of the molecule is C=NC(=CC)C(N)=O. The Hall–Kier alpha value is -1.12. The number of aliphatic imine (C=N–C) groups is 1. The molecule has 0 rings (SSSR count). The van der Waals surface area contributed by atoms with Gasteiger partial charge in [0.2, 0.25) is 0 Å². The van der Waals surface area contributed by atoms with Crippen LogP contribution in [0.15, 0.2) is 16.8 Å². The third-order valence-electron chi connectivity index (χ3n) is 0.696. The van der Waals surface area contributed by atoms with Crippen LogP contribution in [0.25, 0.3) is 0 Å². The number of primary amides is 1. The number of carbonyl (C=O) groups is 1. The van der Waals surface area contributed by atoms with Crippen molar-refractivity contribution in [2.75, 3.05) is 0 Å². The van der Waals surface area contributed by atoms with E-state index in [1.54, 1.807) is 6.92 Å². The van der Waals surface area contributed by atoms with Crippen molar-refractivity contribution in [1.29, 1.82) is 0 Å². The molecule has 0 aliphatic rings. The summed E-state index contributed by atoms with van der Waals surface area (Å²) < 4.78 is 0. The first kappa shape index (κ1) is 6.88. The first-order valence-electron chi connectivity index (χ1n) is 2.15. The largest absolute Gasteiger partial charge is 0.364 e. The van der Waals surface area contributed by atoms with E-state index in [4.69, 9.17) is 5.73 Å². The molecule has 0 aromatic carbocycles. The Morgan fingerprint density at radius 1 is 1.88 bits per heavy atom. The summed E-state index contributed by atoms with van der Waals surface area (Å²) >= 11 is 0. The topological polar surface area (TPSA) is 55.4 Å². The molecule has 3 heteroatoms. The normalized spacial score (nSPS) is 10.9. The lowest BCUT2D eigenvalue weighted by molar-refractivity contribution is -0.114. The maximum atomic E-state index is 10.2. The molecule has 2 N–H and O–H groups in total. The molecule has 1 amide bonds. The Kier molecular flexibility index (Phi) is 2.54. The van der Waals surface area contributed by atoms with E-state index in [-0.39, 0.29) is 5.70 Å². The highest BCUT2D eigenvalue weighted by molar-refractivity contribution is 5.92. The molecule has 0 fully saturated rings. The minimum absolute atomic E-state index is 0.213. The molecule has 0 aromatic heterocycles. The van der Waals surface area contributed by atoms with Crippen LogP contribution in [0.5, 0.6) is 0 Å². The summed E-state index contributed by atoms with van der Waals surface area (Å²) in [7, 11) is 0. The molecule has 0 heterocycles. The summed E-state index contributed by atoms with van der Waals surface area (Å²) in [6, 6.07) is 0. The molecule has 0 aromatic rings. The molecular weight excluding hydrogens is 104 g/mol. The zero-order valence-corrected chi connectivity index (χ0v) is 4.72. The Morgan fingerprint density at radius 3 is 2.38 bits per heavy atom. The molecule has 0 aliphatic heterocycles. The molecule has 44 valence electrons. The van der Waals surface area contributed by atoms with Crippen LogP contribution in [0.4, 0.5) is 0 Å². The van der Waals surface area contributed by atoms with Crippen molar-refractivity contribution >= 4 is 12.6 Å². The number of hydrogen-bond donors (Lipinski definition) is 1. The molecule has 8 heavy (non-hydrogen) atoms. The van der Waals surface area contributed by atoms with E-state index in [9.17, 15) is 4.79 Å². The van der Waals surface area contributed by atoms with Crippen LogP contribution in [-0.2, 0) is 4.79 Å². The lowest BCUT2D eigenvalue weighted by Gasteiger charge is -1.87. The molecule has 0 atom stereocenters. The summed E-state index contributed by atoms with van der Waals surface area (Å²) in [6.07, 6.45) is 1.51. The van der Waals surface area contributed by atoms with Crippen LogP contribution in [0.2, 0.25) is 0 Å². The number of allylic oxidation sites excluding steroid dienone is 1. The van der Waals surface area contributed by atoms with Gasteiger partial charge in [-0.2, -0.15) is 0 Å². The van der Waals surface area contributed by atoms with E-state index in [1.165, 1.54) is 6.08 Å². The fourth-order valence-electron chi connectivity index (χ4n) is 0.311. The van der Waals surface area contributed by atoms with Gasteiger partial charge in [-0.25, -0.2) is 0 Å². The van der Waals surface area contributed by atoms with Gasteiger partial charge in [0.15, 0.2) is 0 Å². The highest BCUT2D eigenvalue weighted by Crippen LogP contribution is 1.90. The van der Waals surface area contributed by atoms with Gasteiger partial charge < -0.3 is 5.73 Å². The van der Waals surface area contributed by atoms with Crippen LogP contribution in [0.3, 0.4) is 0 Å². The Morgan fingerprint density at radius 2 is 2.38 bits per heavy atom. The molecule has 0 bridgehead atoms. The van der Waals surface area contributed by atoms with Crippen LogP contribution in [0.1, 0.15) is 6.92 Å². The van der Waals surface area contributed by atoms with Crippen molar-refractivity contribution in [2.24, 2.45) is 10.7 Å². The highest BCUT2D eigenvalue weighted by atomic mass is 16.1. The minimum Gasteiger partial charge on any atom is -0.364 e. The predicted octanol–water partition coefficient (Wildman–Crippen LogP) is 0.0761. The van der Waals surface area contributed by atoms with E-state index in [0.29, 0.717) is 0 Å². The van der Waals surface area contributed by atoms with E-state index >= 15 is 0 Å². The van der Waals surface area contributed by atoms with Crippen molar-refractivity contribution in [1.82, 2.24) is 0 Å². The van der Waals surface area contributed by atoms with Crippen LogP contribution in [-0.4, -0.2) is 12.6 Å². The van der Waals surface area contributed by atoms with Crippen molar-refractivity contribution in [3.63, 3.8) is 0 Å². The molecule has 3 nitrogen and oxygen atoms in total. The Bertz CT molecular complexity index is 137. The monoisotopic (exact) mass is 112 g/mol. The molecular formula is C5H8N2O. The van der Waals surface area contributed by atoms with Gasteiger partial charge in [-0.15, -0.1) is 0 Å². The summed E-state index contributed by atoms with van der Waals surface area (Å²) in [5.41, 5.74) is 5.03. The zero-order valence-electron chi connectivity index (χ0n) is 4.72. The summed E-state index contributed by atoms with van der Waals surface area (Å²) in [4.78, 5) is 13.5. The van der Waals surface area contributed by atoms with E-state index in [2.05, 4.69) is 11.7 Å². The predicted molar refractivity (Wildman–Crippen MR) is 32.5 cm³/mol. The van der Waals surface area contributed by atoms with Gasteiger partial charge in [0.1, 0.15) is 5.70 Å². The van der Waals surface area contributed by atoms with Gasteiger partial charge in [0, 0.05) is 0 Å². The van der Waals surface area contributed by atoms with Crippen molar-refractivity contribution in [3.8, 4) is 0 Å². The lowest BCUT2D eigenvalue weighted by Crippen LogP contribution is -2.11. The van der Waals surface area contributed by atoms with Crippen LogP contribution >= 0.6 is 0 Å². The van der Waals surface area contributed by atoms with Crippen molar-refractivity contribution in [3.05, 3.63) is 11.8 Å². The highest BCUT2D eigenvalue weighted by Gasteiger charge is 1.95. The van der Waals surface area contributed by atoms with E-state index in [0.717, 1.165) is 0 Å². The molecule has 0 unspecified atom stereocenters. The number of hydrogen-bond acceptors (Lipinski definition) is 2. The third kappa shape index (κ3) is 1.55. The second-order valence-corrected chi connectivity index (χ2v) is 1.20. The Balaban J connectivity index is 4.13. The number of amides is 1. The Labute approximate surface area is 47.9 Å². The second kappa shape index (κ2) is 2.96. The standard InChI is InChI=1S/C5H8N2O/c1-3-4(7-2)5(6)8/h3H,2H2,1H3,(H2,6,8). The van der Waals surface area contributed by atoms with E-state index < -0.39 is 5.91 Å². The summed E-state index contributed by atoms with van der Waals surface area (Å²) in [6.45, 7) is 4.81. The van der Waals surface area contributed by atoms with Crippen molar-refractivity contribution < 1.29 is 4.79 Å². The summed E-state index contributed by atoms with van der Waals surface area (Å²) in [5, 5.41) is 0. The van der Waals surface area contributed by atoms with Gasteiger partial charge in [-0.1, -0.05) is 6.08 Å². The van der Waals surface area contributed by atoms with E-state index in [1.807, 2.05) is 0 Å². The van der Waals surface area contributed by atoms with Gasteiger partial charge >= 0.3 is 0 Å². The van der Waals surface area contributed by atoms with Gasteiger partial charge in [0.25, 0.3) is 5.91 Å². The molecule has 0 saturated carbocycles. The minimum atomic E-state index is -0.539. The number of nitrogens with two attached hydrogens (primary N) is 1. The van der Waals surface area contributed by atoms with Crippen LogP contribution in [0, 0.1) is 0 Å². The number of rotatable bonds is 2. The molecule has 0 saturated heterocycles.